The van der Waals surface area contributed by atoms with Crippen LogP contribution in [0, 0.1) is 5.82 Å². The standard InChI is InChI=1S/C29H30F4N4O3S/c1-21(28(34-2)35-18-16-27(38)36-25-6-4-3-5-7-25)17-19-37(41(39,40)26-14-12-24(30)13-15-26)20-22-8-10-23(11-9-22)29(31,32)33/h3-15H,1,16-20H2,2H3,(H,34,35)(H,36,38). The van der Waals surface area contributed by atoms with Crippen LogP contribution >= 0.6 is 0 Å². The van der Waals surface area contributed by atoms with Gasteiger partial charge in [0.05, 0.1) is 10.5 Å². The van der Waals surface area contributed by atoms with E-state index < -0.39 is 27.6 Å². The van der Waals surface area contributed by atoms with Gasteiger partial charge in [-0.05, 0) is 66.1 Å². The number of amides is 1. The summed E-state index contributed by atoms with van der Waals surface area (Å²) in [6, 6.07) is 17.5. The highest BCUT2D eigenvalue weighted by atomic mass is 32.2. The second kappa shape index (κ2) is 14.0. The van der Waals surface area contributed by atoms with Gasteiger partial charge in [-0.3, -0.25) is 9.79 Å². The minimum Gasteiger partial charge on any atom is -0.370 e. The van der Waals surface area contributed by atoms with E-state index in [1.165, 1.54) is 19.2 Å². The summed E-state index contributed by atoms with van der Waals surface area (Å²) in [6.45, 7) is 3.92. The quantitative estimate of drug-likeness (QED) is 0.163. The minimum atomic E-state index is -4.53. The summed E-state index contributed by atoms with van der Waals surface area (Å²) in [5.74, 6) is -0.442. The average molecular weight is 591 g/mol. The molecule has 0 aliphatic heterocycles. The Morgan fingerprint density at radius 3 is 2.17 bits per heavy atom. The summed E-state index contributed by atoms with van der Waals surface area (Å²) in [5.41, 5.74) is 0.612. The number of nitrogens with one attached hydrogen (secondary N) is 2. The summed E-state index contributed by atoms with van der Waals surface area (Å²) in [5, 5.41) is 5.80. The van der Waals surface area contributed by atoms with Gasteiger partial charge in [0.1, 0.15) is 11.7 Å². The summed E-state index contributed by atoms with van der Waals surface area (Å²) < 4.78 is 80.4. The Bertz CT molecular complexity index is 1460. The number of anilines is 1. The van der Waals surface area contributed by atoms with E-state index in [2.05, 4.69) is 22.2 Å². The lowest BCUT2D eigenvalue weighted by molar-refractivity contribution is -0.137. The molecule has 218 valence electrons. The van der Waals surface area contributed by atoms with E-state index >= 15 is 0 Å². The molecule has 0 spiro atoms. The molecule has 12 heteroatoms. The highest BCUT2D eigenvalue weighted by Crippen LogP contribution is 2.29. The third-order valence-electron chi connectivity index (χ3n) is 6.02. The number of alkyl halides is 3. The number of sulfonamides is 1. The van der Waals surface area contributed by atoms with Crippen molar-refractivity contribution in [3.63, 3.8) is 0 Å². The SMILES string of the molecule is C=C(CCN(Cc1ccc(C(F)(F)F)cc1)S(=O)(=O)c1ccc(F)cc1)C(=NC)NCCC(=O)Nc1ccccc1. The first kappa shape index (κ1) is 31.5. The van der Waals surface area contributed by atoms with E-state index in [4.69, 9.17) is 0 Å². The molecule has 0 saturated heterocycles. The first-order chi connectivity index (χ1) is 19.4. The fourth-order valence-corrected chi connectivity index (χ4v) is 5.25. The molecule has 2 N–H and O–H groups in total. The Hall–Kier alpha value is -4.03. The van der Waals surface area contributed by atoms with Crippen LogP contribution in [0.3, 0.4) is 0 Å². The van der Waals surface area contributed by atoms with Crippen molar-refractivity contribution in [1.82, 2.24) is 9.62 Å². The third kappa shape index (κ3) is 9.25. The molecule has 0 bridgehead atoms. The minimum absolute atomic E-state index is 0.0885. The Balaban J connectivity index is 1.67. The number of rotatable bonds is 12. The molecule has 3 aromatic carbocycles. The molecule has 0 fully saturated rings. The largest absolute Gasteiger partial charge is 0.416 e. The molecule has 3 rings (SSSR count). The average Bonchev–Trinajstić information content (AvgIpc) is 2.93. The fourth-order valence-electron chi connectivity index (χ4n) is 3.82. The van der Waals surface area contributed by atoms with E-state index in [1.54, 1.807) is 24.3 Å². The Kier molecular flexibility index (Phi) is 10.8. The summed E-state index contributed by atoms with van der Waals surface area (Å²) in [7, 11) is -2.63. The zero-order valence-electron chi connectivity index (χ0n) is 22.3. The Morgan fingerprint density at radius 1 is 0.951 bits per heavy atom. The van der Waals surface area contributed by atoms with Crippen LogP contribution in [0.1, 0.15) is 24.0 Å². The van der Waals surface area contributed by atoms with Gasteiger partial charge in [0.15, 0.2) is 0 Å². The van der Waals surface area contributed by atoms with Crippen molar-refractivity contribution in [2.45, 2.75) is 30.5 Å². The van der Waals surface area contributed by atoms with E-state index in [0.29, 0.717) is 22.7 Å². The maximum Gasteiger partial charge on any atom is 0.416 e. The van der Waals surface area contributed by atoms with Gasteiger partial charge in [0, 0.05) is 38.8 Å². The molecule has 0 unspecified atom stereocenters. The van der Waals surface area contributed by atoms with Gasteiger partial charge in [-0.15, -0.1) is 0 Å². The van der Waals surface area contributed by atoms with Gasteiger partial charge in [-0.2, -0.15) is 17.5 Å². The third-order valence-corrected chi connectivity index (χ3v) is 7.87. The predicted octanol–water partition coefficient (Wildman–Crippen LogP) is 5.63. The lowest BCUT2D eigenvalue weighted by atomic mass is 10.1. The summed E-state index contributed by atoms with van der Waals surface area (Å²) >= 11 is 0. The van der Waals surface area contributed by atoms with Crippen LogP contribution in [-0.2, 0) is 27.5 Å². The second-order valence-electron chi connectivity index (χ2n) is 9.00. The molecule has 3 aromatic rings. The molecule has 0 radical (unpaired) electrons. The number of hydrogen-bond acceptors (Lipinski definition) is 4. The number of para-hydroxylation sites is 1. The number of nitrogens with zero attached hydrogens (tertiary/aromatic N) is 2. The van der Waals surface area contributed by atoms with Crippen LogP contribution in [0.15, 0.2) is 101 Å². The van der Waals surface area contributed by atoms with Crippen molar-refractivity contribution in [3.05, 3.63) is 108 Å². The van der Waals surface area contributed by atoms with E-state index in [0.717, 1.165) is 40.7 Å². The highest BCUT2D eigenvalue weighted by Gasteiger charge is 2.30. The lowest BCUT2D eigenvalue weighted by Gasteiger charge is -2.23. The molecular weight excluding hydrogens is 560 g/mol. The van der Waals surface area contributed by atoms with Gasteiger partial charge in [0.2, 0.25) is 15.9 Å². The molecule has 0 aliphatic rings. The Labute approximate surface area is 236 Å². The van der Waals surface area contributed by atoms with Crippen molar-refractivity contribution in [2.75, 3.05) is 25.5 Å². The number of carbonyl (C=O) groups excluding carboxylic acids is 1. The molecule has 0 aliphatic carbocycles. The fraction of sp³-hybridized carbons (Fsp3) is 0.241. The zero-order valence-corrected chi connectivity index (χ0v) is 23.1. The van der Waals surface area contributed by atoms with Crippen molar-refractivity contribution >= 4 is 27.5 Å². The summed E-state index contributed by atoms with van der Waals surface area (Å²) in [6.07, 6.45) is -4.27. The number of hydrogen-bond donors (Lipinski definition) is 2. The molecule has 7 nitrogen and oxygen atoms in total. The molecular formula is C29H30F4N4O3S. The van der Waals surface area contributed by atoms with Gasteiger partial charge in [-0.1, -0.05) is 36.9 Å². The van der Waals surface area contributed by atoms with Crippen LogP contribution in [0.2, 0.25) is 0 Å². The van der Waals surface area contributed by atoms with Crippen LogP contribution in [0.5, 0.6) is 0 Å². The smallest absolute Gasteiger partial charge is 0.370 e. The molecule has 0 heterocycles. The normalized spacial score (nSPS) is 12.3. The first-order valence-corrected chi connectivity index (χ1v) is 14.0. The topological polar surface area (TPSA) is 90.9 Å². The van der Waals surface area contributed by atoms with Crippen molar-refractivity contribution in [2.24, 2.45) is 4.99 Å². The monoisotopic (exact) mass is 590 g/mol. The maximum atomic E-state index is 13.4. The molecule has 1 amide bonds. The van der Waals surface area contributed by atoms with E-state index in [-0.39, 0.29) is 43.3 Å². The van der Waals surface area contributed by atoms with E-state index in [9.17, 15) is 30.8 Å². The number of carbonyl (C=O) groups is 1. The summed E-state index contributed by atoms with van der Waals surface area (Å²) in [4.78, 5) is 16.2. The van der Waals surface area contributed by atoms with Crippen molar-refractivity contribution < 1.29 is 30.8 Å². The van der Waals surface area contributed by atoms with Crippen LogP contribution in [0.25, 0.3) is 0 Å². The Morgan fingerprint density at radius 2 is 1.59 bits per heavy atom. The van der Waals surface area contributed by atoms with Crippen molar-refractivity contribution in [3.8, 4) is 0 Å². The molecule has 0 saturated carbocycles. The number of amidine groups is 1. The van der Waals surface area contributed by atoms with Gasteiger partial charge in [0.25, 0.3) is 0 Å². The first-order valence-electron chi connectivity index (χ1n) is 12.6. The second-order valence-corrected chi connectivity index (χ2v) is 10.9. The van der Waals surface area contributed by atoms with Gasteiger partial charge < -0.3 is 10.6 Å². The molecule has 41 heavy (non-hydrogen) atoms. The maximum absolute atomic E-state index is 13.4. The number of aliphatic imine (C=N–C) groups is 1. The zero-order chi connectivity index (χ0) is 30.0. The number of halogens is 4. The van der Waals surface area contributed by atoms with Crippen LogP contribution < -0.4 is 10.6 Å². The molecule has 0 aromatic heterocycles. The van der Waals surface area contributed by atoms with Crippen LogP contribution in [0.4, 0.5) is 23.2 Å². The molecule has 0 atom stereocenters. The van der Waals surface area contributed by atoms with Gasteiger partial charge in [-0.25, -0.2) is 12.8 Å². The predicted molar refractivity (Wildman–Crippen MR) is 150 cm³/mol. The van der Waals surface area contributed by atoms with Gasteiger partial charge >= 0.3 is 6.18 Å². The van der Waals surface area contributed by atoms with Crippen LogP contribution in [-0.4, -0.2) is 44.6 Å². The van der Waals surface area contributed by atoms with E-state index in [1.807, 2.05) is 6.07 Å². The number of benzene rings is 3. The highest BCUT2D eigenvalue weighted by molar-refractivity contribution is 7.89. The van der Waals surface area contributed by atoms with Crippen molar-refractivity contribution in [1.29, 1.82) is 0 Å². The lowest BCUT2D eigenvalue weighted by Crippen LogP contribution is -2.34.